The lowest BCUT2D eigenvalue weighted by Gasteiger charge is -2.18. The van der Waals surface area contributed by atoms with Gasteiger partial charge in [-0.15, -0.1) is 0 Å². The first-order valence-electron chi connectivity index (χ1n) is 13.3. The minimum Gasteiger partial charge on any atom is -0.497 e. The van der Waals surface area contributed by atoms with Crippen molar-refractivity contribution in [3.63, 3.8) is 0 Å². The molecule has 5 rings (SSSR count). The molecule has 1 N–H and O–H groups in total. The van der Waals surface area contributed by atoms with Crippen LogP contribution in [0.15, 0.2) is 102 Å². The molecule has 6 heteroatoms. The molecule has 0 aliphatic rings. The normalized spacial score (nSPS) is 11.4. The SMILES string of the molecule is COc1cccc(-c2ccc(Cn3c(Cc4ccccc4)nc4ccc(NC(=O)C(C)(C)C)cc4c3=O)cc2)c1. The van der Waals surface area contributed by atoms with Crippen molar-refractivity contribution in [2.45, 2.75) is 33.7 Å². The Balaban J connectivity index is 1.53. The molecular formula is C34H33N3O3. The van der Waals surface area contributed by atoms with Gasteiger partial charge < -0.3 is 10.1 Å². The number of hydrogen-bond acceptors (Lipinski definition) is 4. The summed E-state index contributed by atoms with van der Waals surface area (Å²) in [4.78, 5) is 31.4. The number of nitrogens with one attached hydrogen (secondary N) is 1. The molecule has 0 spiro atoms. The monoisotopic (exact) mass is 531 g/mol. The molecule has 202 valence electrons. The van der Waals surface area contributed by atoms with Crippen LogP contribution in [-0.2, 0) is 17.8 Å². The van der Waals surface area contributed by atoms with E-state index < -0.39 is 5.41 Å². The van der Waals surface area contributed by atoms with Crippen LogP contribution in [0.5, 0.6) is 5.75 Å². The summed E-state index contributed by atoms with van der Waals surface area (Å²) in [7, 11) is 1.66. The molecule has 5 aromatic rings. The molecular weight excluding hydrogens is 498 g/mol. The van der Waals surface area contributed by atoms with Gasteiger partial charge in [-0.3, -0.25) is 14.2 Å². The van der Waals surface area contributed by atoms with Crippen LogP contribution in [0.1, 0.15) is 37.7 Å². The molecule has 1 amide bonds. The van der Waals surface area contributed by atoms with E-state index >= 15 is 0 Å². The van der Waals surface area contributed by atoms with Crippen LogP contribution in [-0.4, -0.2) is 22.6 Å². The van der Waals surface area contributed by atoms with Gasteiger partial charge in [0.2, 0.25) is 5.91 Å². The van der Waals surface area contributed by atoms with Crippen molar-refractivity contribution in [2.75, 3.05) is 12.4 Å². The fourth-order valence-corrected chi connectivity index (χ4v) is 4.53. The standard InChI is InChI=1S/C34H33N3O3/c1-34(2,3)33(39)35-27-17-18-30-29(21-27)32(38)37(31(36-30)19-23-9-6-5-7-10-23)22-24-13-15-25(16-14-24)26-11-8-12-28(20-26)40-4/h5-18,20-21H,19,22H2,1-4H3,(H,35,39). The quantitative estimate of drug-likeness (QED) is 0.254. The van der Waals surface area contributed by atoms with Crippen molar-refractivity contribution < 1.29 is 9.53 Å². The summed E-state index contributed by atoms with van der Waals surface area (Å²) < 4.78 is 7.11. The summed E-state index contributed by atoms with van der Waals surface area (Å²) in [5.74, 6) is 1.38. The van der Waals surface area contributed by atoms with Gasteiger partial charge in [-0.05, 0) is 52.6 Å². The van der Waals surface area contributed by atoms with E-state index in [4.69, 9.17) is 9.72 Å². The number of aromatic nitrogens is 2. The number of amides is 1. The second-order valence-corrected chi connectivity index (χ2v) is 10.9. The highest BCUT2D eigenvalue weighted by molar-refractivity contribution is 5.96. The molecule has 0 saturated heterocycles. The minimum absolute atomic E-state index is 0.114. The predicted octanol–water partition coefficient (Wildman–Crippen LogP) is 6.70. The number of fused-ring (bicyclic) bond motifs is 1. The van der Waals surface area contributed by atoms with E-state index in [9.17, 15) is 9.59 Å². The van der Waals surface area contributed by atoms with E-state index in [0.29, 0.717) is 35.4 Å². The van der Waals surface area contributed by atoms with Crippen molar-refractivity contribution in [1.29, 1.82) is 0 Å². The van der Waals surface area contributed by atoms with Gasteiger partial charge >= 0.3 is 0 Å². The van der Waals surface area contributed by atoms with Crippen LogP contribution >= 0.6 is 0 Å². The molecule has 0 saturated carbocycles. The van der Waals surface area contributed by atoms with Crippen molar-refractivity contribution in [3.05, 3.63) is 124 Å². The molecule has 4 aromatic carbocycles. The Morgan fingerprint density at radius 1 is 0.850 bits per heavy atom. The average molecular weight is 532 g/mol. The molecule has 0 unspecified atom stereocenters. The van der Waals surface area contributed by atoms with Crippen molar-refractivity contribution >= 4 is 22.5 Å². The summed E-state index contributed by atoms with van der Waals surface area (Å²) in [6, 6.07) is 31.5. The molecule has 0 aliphatic carbocycles. The maximum absolute atomic E-state index is 13.9. The third-order valence-electron chi connectivity index (χ3n) is 6.88. The van der Waals surface area contributed by atoms with Gasteiger partial charge in [-0.25, -0.2) is 4.98 Å². The van der Waals surface area contributed by atoms with Gasteiger partial charge in [-0.1, -0.05) is 87.5 Å². The second kappa shape index (κ2) is 11.2. The summed E-state index contributed by atoms with van der Waals surface area (Å²) in [6.07, 6.45) is 0.524. The highest BCUT2D eigenvalue weighted by atomic mass is 16.5. The molecule has 1 aromatic heterocycles. The molecule has 0 bridgehead atoms. The van der Waals surface area contributed by atoms with Gasteiger partial charge in [0.25, 0.3) is 5.56 Å². The molecule has 0 fully saturated rings. The summed E-state index contributed by atoms with van der Waals surface area (Å²) >= 11 is 0. The van der Waals surface area contributed by atoms with E-state index in [0.717, 1.165) is 28.0 Å². The van der Waals surface area contributed by atoms with Gasteiger partial charge in [0, 0.05) is 17.5 Å². The van der Waals surface area contributed by atoms with Gasteiger partial charge in [0.15, 0.2) is 0 Å². The maximum atomic E-state index is 13.9. The first-order chi connectivity index (χ1) is 19.2. The highest BCUT2D eigenvalue weighted by Crippen LogP contribution is 2.25. The van der Waals surface area contributed by atoms with Crippen LogP contribution in [0.3, 0.4) is 0 Å². The van der Waals surface area contributed by atoms with Crippen LogP contribution in [0.4, 0.5) is 5.69 Å². The Kier molecular flexibility index (Phi) is 7.52. The van der Waals surface area contributed by atoms with Crippen molar-refractivity contribution in [3.8, 4) is 16.9 Å². The second-order valence-electron chi connectivity index (χ2n) is 10.9. The van der Waals surface area contributed by atoms with Crippen LogP contribution in [0, 0.1) is 5.41 Å². The number of carbonyl (C=O) groups is 1. The number of hydrogen-bond donors (Lipinski definition) is 1. The zero-order valence-electron chi connectivity index (χ0n) is 23.3. The number of benzene rings is 4. The molecule has 6 nitrogen and oxygen atoms in total. The highest BCUT2D eigenvalue weighted by Gasteiger charge is 2.21. The van der Waals surface area contributed by atoms with Crippen LogP contribution in [0.25, 0.3) is 22.0 Å². The maximum Gasteiger partial charge on any atom is 0.261 e. The number of anilines is 1. The molecule has 40 heavy (non-hydrogen) atoms. The average Bonchev–Trinajstić information content (AvgIpc) is 2.96. The lowest BCUT2D eigenvalue weighted by atomic mass is 9.95. The topological polar surface area (TPSA) is 73.2 Å². The molecule has 0 radical (unpaired) electrons. The van der Waals surface area contributed by atoms with E-state index in [1.165, 1.54) is 0 Å². The first kappa shape index (κ1) is 26.9. The third kappa shape index (κ3) is 5.96. The fourth-order valence-electron chi connectivity index (χ4n) is 4.53. The zero-order chi connectivity index (χ0) is 28.3. The molecule has 1 heterocycles. The van der Waals surface area contributed by atoms with E-state index in [2.05, 4.69) is 17.4 Å². The summed E-state index contributed by atoms with van der Waals surface area (Å²) in [5.41, 5.74) is 4.68. The number of carbonyl (C=O) groups excluding carboxylic acids is 1. The zero-order valence-corrected chi connectivity index (χ0v) is 23.3. The summed E-state index contributed by atoms with van der Waals surface area (Å²) in [6.45, 7) is 5.94. The van der Waals surface area contributed by atoms with E-state index in [-0.39, 0.29) is 11.5 Å². The lowest BCUT2D eigenvalue weighted by Crippen LogP contribution is -2.28. The summed E-state index contributed by atoms with van der Waals surface area (Å²) in [5, 5.41) is 3.40. The number of ether oxygens (including phenoxy) is 1. The number of methoxy groups -OCH3 is 1. The molecule has 0 aliphatic heterocycles. The Labute approximate surface area is 234 Å². The van der Waals surface area contributed by atoms with E-state index in [1.54, 1.807) is 29.9 Å². The Hall–Kier alpha value is -4.71. The number of nitrogens with zero attached hydrogens (tertiary/aromatic N) is 2. The van der Waals surface area contributed by atoms with Crippen molar-refractivity contribution in [2.24, 2.45) is 5.41 Å². The van der Waals surface area contributed by atoms with Crippen molar-refractivity contribution in [1.82, 2.24) is 9.55 Å². The number of rotatable bonds is 7. The van der Waals surface area contributed by atoms with E-state index in [1.807, 2.05) is 87.5 Å². The first-order valence-corrected chi connectivity index (χ1v) is 13.3. The lowest BCUT2D eigenvalue weighted by molar-refractivity contribution is -0.123. The Morgan fingerprint density at radius 2 is 1.60 bits per heavy atom. The molecule has 0 atom stereocenters. The fraction of sp³-hybridized carbons (Fsp3) is 0.206. The minimum atomic E-state index is -0.552. The third-order valence-corrected chi connectivity index (χ3v) is 6.88. The Morgan fingerprint density at radius 3 is 2.30 bits per heavy atom. The van der Waals surface area contributed by atoms with Crippen LogP contribution in [0.2, 0.25) is 0 Å². The van der Waals surface area contributed by atoms with Crippen LogP contribution < -0.4 is 15.6 Å². The van der Waals surface area contributed by atoms with Gasteiger partial charge in [0.1, 0.15) is 11.6 Å². The van der Waals surface area contributed by atoms with Gasteiger partial charge in [0.05, 0.1) is 24.6 Å². The predicted molar refractivity (Wildman–Crippen MR) is 161 cm³/mol. The largest absolute Gasteiger partial charge is 0.497 e. The van der Waals surface area contributed by atoms with Gasteiger partial charge in [-0.2, -0.15) is 0 Å². The smallest absolute Gasteiger partial charge is 0.261 e. The Bertz CT molecular complexity index is 1720.